The molecule has 0 saturated carbocycles. The van der Waals surface area contributed by atoms with Gasteiger partial charge in [0.2, 0.25) is 0 Å². The summed E-state index contributed by atoms with van der Waals surface area (Å²) in [7, 11) is -3.28. The summed E-state index contributed by atoms with van der Waals surface area (Å²) in [5, 5.41) is 2.55. The van der Waals surface area contributed by atoms with Gasteiger partial charge >= 0.3 is 0 Å². The average Bonchev–Trinajstić information content (AvgIpc) is 2.50. The lowest BCUT2D eigenvalue weighted by Crippen LogP contribution is -2.27. The molecule has 24 heavy (non-hydrogen) atoms. The fourth-order valence-corrected chi connectivity index (χ4v) is 3.16. The lowest BCUT2D eigenvalue weighted by Gasteiger charge is -2.15. The Kier molecular flexibility index (Phi) is 5.52. The molecule has 0 heterocycles. The second-order valence-corrected chi connectivity index (χ2v) is 8.11. The molecule has 8 heteroatoms. The normalized spacial score (nSPS) is 12.7. The third-order valence-corrected chi connectivity index (χ3v) is 5.14. The summed E-state index contributed by atoms with van der Waals surface area (Å²) in [5.74, 6) is -1.30. The molecule has 2 aromatic rings. The molecule has 2 aromatic carbocycles. The molecule has 4 nitrogen and oxygen atoms in total. The molecule has 0 fully saturated rings. The highest BCUT2D eigenvalue weighted by atomic mass is 35.5. The average molecular weight is 390 g/mol. The van der Waals surface area contributed by atoms with Crippen molar-refractivity contribution in [2.24, 2.45) is 0 Å². The summed E-state index contributed by atoms with van der Waals surface area (Å²) >= 11 is 11.5. The fraction of sp³-hybridized carbons (Fsp3) is 0.188. The van der Waals surface area contributed by atoms with E-state index in [-0.39, 0.29) is 20.5 Å². The third-order valence-electron chi connectivity index (χ3n) is 3.41. The molecule has 1 amide bonds. The maximum absolute atomic E-state index is 13.5. The summed E-state index contributed by atoms with van der Waals surface area (Å²) < 4.78 is 36.4. The SMILES string of the molecule is CC(NC(=O)c1cc(F)c(Cl)cc1Cl)c1ccc(S(C)(=O)=O)cc1. The molecule has 1 N–H and O–H groups in total. The van der Waals surface area contributed by atoms with Gasteiger partial charge in [-0.3, -0.25) is 4.79 Å². The molecule has 128 valence electrons. The molecular formula is C16H14Cl2FNO3S. The van der Waals surface area contributed by atoms with Crippen LogP contribution in [0, 0.1) is 5.82 Å². The van der Waals surface area contributed by atoms with E-state index in [9.17, 15) is 17.6 Å². The molecule has 0 spiro atoms. The number of rotatable bonds is 4. The number of carbonyl (C=O) groups excluding carboxylic acids is 1. The number of benzene rings is 2. The van der Waals surface area contributed by atoms with Gasteiger partial charge in [0, 0.05) is 6.26 Å². The second kappa shape index (κ2) is 7.09. The molecule has 0 aliphatic heterocycles. The Balaban J connectivity index is 2.19. The van der Waals surface area contributed by atoms with Crippen LogP contribution in [0.5, 0.6) is 0 Å². The van der Waals surface area contributed by atoms with E-state index in [1.54, 1.807) is 19.1 Å². The van der Waals surface area contributed by atoms with E-state index in [1.807, 2.05) is 0 Å². The van der Waals surface area contributed by atoms with Crippen molar-refractivity contribution in [1.82, 2.24) is 5.32 Å². The van der Waals surface area contributed by atoms with E-state index in [0.29, 0.717) is 5.56 Å². The molecular weight excluding hydrogens is 376 g/mol. The number of hydrogen-bond donors (Lipinski definition) is 1. The first-order valence-electron chi connectivity index (χ1n) is 6.85. The van der Waals surface area contributed by atoms with Crippen molar-refractivity contribution >= 4 is 38.9 Å². The summed E-state index contributed by atoms with van der Waals surface area (Å²) in [6.45, 7) is 1.72. The van der Waals surface area contributed by atoms with Gasteiger partial charge < -0.3 is 5.32 Å². The van der Waals surface area contributed by atoms with Crippen molar-refractivity contribution < 1.29 is 17.6 Å². The van der Waals surface area contributed by atoms with Crippen molar-refractivity contribution in [3.63, 3.8) is 0 Å². The molecule has 1 unspecified atom stereocenters. The summed E-state index contributed by atoms with van der Waals surface area (Å²) in [5.41, 5.74) is 0.666. The van der Waals surface area contributed by atoms with E-state index in [2.05, 4.69) is 5.32 Å². The molecule has 0 saturated heterocycles. The predicted molar refractivity (Wildman–Crippen MR) is 91.9 cm³/mol. The molecule has 0 aromatic heterocycles. The van der Waals surface area contributed by atoms with Gasteiger partial charge in [-0.15, -0.1) is 0 Å². The quantitative estimate of drug-likeness (QED) is 0.802. The van der Waals surface area contributed by atoms with Gasteiger partial charge in [0.05, 0.1) is 26.5 Å². The van der Waals surface area contributed by atoms with E-state index in [0.717, 1.165) is 12.3 Å². The highest BCUT2D eigenvalue weighted by molar-refractivity contribution is 7.90. The largest absolute Gasteiger partial charge is 0.345 e. The number of amides is 1. The fourth-order valence-electron chi connectivity index (χ4n) is 2.06. The van der Waals surface area contributed by atoms with Gasteiger partial charge in [0.1, 0.15) is 5.82 Å². The highest BCUT2D eigenvalue weighted by Gasteiger charge is 2.17. The Morgan fingerprint density at radius 1 is 1.12 bits per heavy atom. The van der Waals surface area contributed by atoms with Crippen LogP contribution in [0.4, 0.5) is 4.39 Å². The van der Waals surface area contributed by atoms with E-state index in [4.69, 9.17) is 23.2 Å². The number of nitrogens with one attached hydrogen (secondary N) is 1. The minimum Gasteiger partial charge on any atom is -0.345 e. The first-order chi connectivity index (χ1) is 11.1. The molecule has 1 atom stereocenters. The topological polar surface area (TPSA) is 63.2 Å². The molecule has 0 aliphatic rings. The van der Waals surface area contributed by atoms with Crippen molar-refractivity contribution in [3.8, 4) is 0 Å². The van der Waals surface area contributed by atoms with Gasteiger partial charge in [-0.25, -0.2) is 12.8 Å². The predicted octanol–water partition coefficient (Wildman–Crippen LogP) is 4.03. The van der Waals surface area contributed by atoms with Crippen LogP contribution < -0.4 is 5.32 Å². The second-order valence-electron chi connectivity index (χ2n) is 5.28. The number of hydrogen-bond acceptors (Lipinski definition) is 3. The number of sulfone groups is 1. The van der Waals surface area contributed by atoms with Crippen LogP contribution in [0.3, 0.4) is 0 Å². The van der Waals surface area contributed by atoms with E-state index >= 15 is 0 Å². The first-order valence-corrected chi connectivity index (χ1v) is 9.49. The standard InChI is InChI=1S/C16H14Cl2FNO3S/c1-9(10-3-5-11(6-4-10)24(2,22)23)20-16(21)12-7-15(19)14(18)8-13(12)17/h3-9H,1-2H3,(H,20,21). The Labute approximate surface area is 149 Å². The van der Waals surface area contributed by atoms with Crippen LogP contribution >= 0.6 is 23.2 Å². The van der Waals surface area contributed by atoms with Crippen LogP contribution in [-0.4, -0.2) is 20.6 Å². The van der Waals surface area contributed by atoms with Crippen LogP contribution in [0.15, 0.2) is 41.3 Å². The molecule has 0 bridgehead atoms. The Morgan fingerprint density at radius 3 is 2.25 bits per heavy atom. The van der Waals surface area contributed by atoms with Gasteiger partial charge in [0.25, 0.3) is 5.91 Å². The van der Waals surface area contributed by atoms with Gasteiger partial charge in [0.15, 0.2) is 9.84 Å². The summed E-state index contributed by atoms with van der Waals surface area (Å²) in [4.78, 5) is 12.4. The van der Waals surface area contributed by atoms with E-state index < -0.39 is 27.6 Å². The molecule has 0 aliphatic carbocycles. The van der Waals surface area contributed by atoms with Gasteiger partial charge in [-0.1, -0.05) is 35.3 Å². The zero-order valence-corrected chi connectivity index (χ0v) is 15.1. The van der Waals surface area contributed by atoms with Crippen LogP contribution in [0.25, 0.3) is 0 Å². The van der Waals surface area contributed by atoms with Gasteiger partial charge in [-0.2, -0.15) is 0 Å². The van der Waals surface area contributed by atoms with Crippen molar-refractivity contribution in [2.45, 2.75) is 17.9 Å². The Morgan fingerprint density at radius 2 is 1.71 bits per heavy atom. The number of halogens is 3. The van der Waals surface area contributed by atoms with Crippen LogP contribution in [0.1, 0.15) is 28.9 Å². The molecule has 0 radical (unpaired) electrons. The summed E-state index contributed by atoms with van der Waals surface area (Å²) in [6.07, 6.45) is 1.12. The smallest absolute Gasteiger partial charge is 0.253 e. The van der Waals surface area contributed by atoms with Crippen molar-refractivity contribution in [2.75, 3.05) is 6.26 Å². The Bertz CT molecular complexity index is 883. The monoisotopic (exact) mass is 389 g/mol. The number of carbonyl (C=O) groups is 1. The van der Waals surface area contributed by atoms with Gasteiger partial charge in [-0.05, 0) is 36.8 Å². The maximum Gasteiger partial charge on any atom is 0.253 e. The minimum absolute atomic E-state index is 0.0295. The zero-order valence-electron chi connectivity index (χ0n) is 12.8. The third kappa shape index (κ3) is 4.26. The van der Waals surface area contributed by atoms with Crippen molar-refractivity contribution in [1.29, 1.82) is 0 Å². The van der Waals surface area contributed by atoms with E-state index in [1.165, 1.54) is 18.2 Å². The lowest BCUT2D eigenvalue weighted by atomic mass is 10.1. The Hall–Kier alpha value is -1.63. The minimum atomic E-state index is -3.28. The maximum atomic E-state index is 13.5. The zero-order chi connectivity index (χ0) is 18.1. The highest BCUT2D eigenvalue weighted by Crippen LogP contribution is 2.25. The lowest BCUT2D eigenvalue weighted by molar-refractivity contribution is 0.0939. The van der Waals surface area contributed by atoms with Crippen LogP contribution in [-0.2, 0) is 9.84 Å². The first kappa shape index (κ1) is 18.7. The van der Waals surface area contributed by atoms with Crippen LogP contribution in [0.2, 0.25) is 10.0 Å². The molecule has 2 rings (SSSR count). The summed E-state index contributed by atoms with van der Waals surface area (Å²) in [6, 6.07) is 7.83. The van der Waals surface area contributed by atoms with Crippen molar-refractivity contribution in [3.05, 3.63) is 63.4 Å².